The van der Waals surface area contributed by atoms with Gasteiger partial charge in [0.15, 0.2) is 0 Å². The zero-order chi connectivity index (χ0) is 20.8. The van der Waals surface area contributed by atoms with E-state index in [-0.39, 0.29) is 16.8 Å². The number of rotatable bonds is 3. The predicted octanol–water partition coefficient (Wildman–Crippen LogP) is 3.85. The molecule has 0 aliphatic carbocycles. The van der Waals surface area contributed by atoms with Gasteiger partial charge in [-0.05, 0) is 39.8 Å². The molecule has 1 radical (unpaired) electrons. The van der Waals surface area contributed by atoms with Gasteiger partial charge in [0.2, 0.25) is 0 Å². The van der Waals surface area contributed by atoms with Gasteiger partial charge in [0.1, 0.15) is 22.8 Å². The van der Waals surface area contributed by atoms with Gasteiger partial charge in [-0.3, -0.25) is 4.98 Å². The summed E-state index contributed by atoms with van der Waals surface area (Å²) in [6.45, 7) is 13.0. The van der Waals surface area contributed by atoms with Crippen LogP contribution in [0.15, 0.2) is 63.9 Å². The largest absolute Gasteiger partial charge is 0.411 e. The second kappa shape index (κ2) is 25.5. The van der Waals surface area contributed by atoms with Crippen molar-refractivity contribution in [1.29, 1.82) is 0 Å². The van der Waals surface area contributed by atoms with E-state index in [0.29, 0.717) is 22.8 Å². The van der Waals surface area contributed by atoms with E-state index >= 15 is 0 Å². The molecular formula is C17H28CoN5O4-. The van der Waals surface area contributed by atoms with Gasteiger partial charge < -0.3 is 27.8 Å². The van der Waals surface area contributed by atoms with E-state index < -0.39 is 0 Å². The molecule has 1 rings (SSSR count). The van der Waals surface area contributed by atoms with Crippen molar-refractivity contribution in [2.75, 3.05) is 0 Å². The summed E-state index contributed by atoms with van der Waals surface area (Å²) in [5, 5.41) is 43.3. The van der Waals surface area contributed by atoms with Crippen molar-refractivity contribution in [3.8, 4) is 0 Å². The van der Waals surface area contributed by atoms with Crippen LogP contribution in [-0.2, 0) is 16.8 Å². The van der Waals surface area contributed by atoms with Gasteiger partial charge in [0, 0.05) is 29.2 Å². The second-order valence-electron chi connectivity index (χ2n) is 4.34. The maximum Gasteiger partial charge on any atom is 0.101 e. The van der Waals surface area contributed by atoms with E-state index in [1.807, 2.05) is 18.2 Å². The molecule has 1 heterocycles. The molecule has 10 heteroatoms. The van der Waals surface area contributed by atoms with E-state index in [1.54, 1.807) is 18.5 Å². The Labute approximate surface area is 170 Å². The summed E-state index contributed by atoms with van der Waals surface area (Å²) in [5.41, 5.74) is 1.25. The minimum Gasteiger partial charge on any atom is -0.411 e. The SMILES string of the molecule is C=CC[CH2-].CC(=N/O)/C(C)=N/O.CC(=N/O)/C(C)=N/O.[Co].c1ccncc1. The molecule has 4 N–H and O–H groups in total. The minimum absolute atomic E-state index is 0. The summed E-state index contributed by atoms with van der Waals surface area (Å²) in [7, 11) is 0. The first-order valence-electron chi connectivity index (χ1n) is 7.36. The first-order chi connectivity index (χ1) is 12.4. The van der Waals surface area contributed by atoms with Gasteiger partial charge in [-0.25, -0.2) is 0 Å². The molecule has 27 heavy (non-hydrogen) atoms. The van der Waals surface area contributed by atoms with Crippen LogP contribution in [0.3, 0.4) is 0 Å². The summed E-state index contributed by atoms with van der Waals surface area (Å²) >= 11 is 0. The summed E-state index contributed by atoms with van der Waals surface area (Å²) in [6.07, 6.45) is 6.10. The number of nitrogens with zero attached hydrogens (tertiary/aromatic N) is 5. The van der Waals surface area contributed by atoms with Crippen LogP contribution in [0.25, 0.3) is 0 Å². The number of aromatic nitrogens is 1. The Bertz CT molecular complexity index is 485. The molecule has 0 aliphatic rings. The smallest absolute Gasteiger partial charge is 0.101 e. The maximum atomic E-state index is 8.03. The molecule has 0 aliphatic heterocycles. The van der Waals surface area contributed by atoms with Crippen LogP contribution in [0.1, 0.15) is 34.1 Å². The zero-order valence-electron chi connectivity index (χ0n) is 15.9. The summed E-state index contributed by atoms with van der Waals surface area (Å²) < 4.78 is 0. The van der Waals surface area contributed by atoms with Gasteiger partial charge in [-0.1, -0.05) is 26.7 Å². The van der Waals surface area contributed by atoms with Crippen molar-refractivity contribution in [3.05, 3.63) is 50.2 Å². The molecule has 0 fully saturated rings. The molecule has 1 aromatic rings. The molecule has 0 saturated carbocycles. The number of hydrogen-bond acceptors (Lipinski definition) is 9. The zero-order valence-corrected chi connectivity index (χ0v) is 17.0. The van der Waals surface area contributed by atoms with E-state index in [1.165, 1.54) is 27.7 Å². The third-order valence-electron chi connectivity index (χ3n) is 2.42. The fourth-order valence-electron chi connectivity index (χ4n) is 0.602. The van der Waals surface area contributed by atoms with Crippen LogP contribution in [0.4, 0.5) is 0 Å². The van der Waals surface area contributed by atoms with Gasteiger partial charge >= 0.3 is 0 Å². The van der Waals surface area contributed by atoms with Gasteiger partial charge in [-0.15, -0.1) is 12.7 Å². The van der Waals surface area contributed by atoms with Crippen molar-refractivity contribution in [1.82, 2.24) is 4.98 Å². The fraction of sp³-hybridized carbons (Fsp3) is 0.294. The number of hydrogen-bond donors (Lipinski definition) is 4. The molecule has 0 atom stereocenters. The quantitative estimate of drug-likeness (QED) is 0.191. The van der Waals surface area contributed by atoms with Crippen LogP contribution in [0.5, 0.6) is 0 Å². The Morgan fingerprint density at radius 3 is 1.15 bits per heavy atom. The van der Waals surface area contributed by atoms with Gasteiger partial charge in [0.05, 0.1) is 0 Å². The Morgan fingerprint density at radius 2 is 1.07 bits per heavy atom. The van der Waals surface area contributed by atoms with Crippen LogP contribution in [0.2, 0.25) is 0 Å². The molecule has 1 aromatic heterocycles. The van der Waals surface area contributed by atoms with Crippen LogP contribution in [0, 0.1) is 6.92 Å². The normalized spacial score (nSPS) is 11.1. The van der Waals surface area contributed by atoms with Crippen molar-refractivity contribution in [2.45, 2.75) is 34.1 Å². The second-order valence-corrected chi connectivity index (χ2v) is 4.34. The van der Waals surface area contributed by atoms with Gasteiger partial charge in [-0.2, -0.15) is 6.42 Å². The Hall–Kier alpha value is -2.72. The molecule has 9 nitrogen and oxygen atoms in total. The molecule has 0 bridgehead atoms. The molecule has 0 saturated heterocycles. The summed E-state index contributed by atoms with van der Waals surface area (Å²) in [6, 6.07) is 5.72. The third kappa shape index (κ3) is 25.6. The number of oxime groups is 4. The Morgan fingerprint density at radius 1 is 0.815 bits per heavy atom. The van der Waals surface area contributed by atoms with E-state index in [4.69, 9.17) is 20.8 Å². The molecule has 155 valence electrons. The molecule has 0 spiro atoms. The van der Waals surface area contributed by atoms with Crippen molar-refractivity contribution < 1.29 is 37.6 Å². The summed E-state index contributed by atoms with van der Waals surface area (Å²) in [4.78, 5) is 3.78. The van der Waals surface area contributed by atoms with Crippen LogP contribution >= 0.6 is 0 Å². The standard InChI is InChI=1S/C5H5N.2C4H8N2O2.C4H7.Co/c1-2-4-6-5-3-1;2*1-3(5-7)4(2)6-8;1-3-4-2;/h1-5H;2*7-8H,1-2H3;3H,1-2,4H2;/q;;;-1;/b;2*5-3-,6-4+;;. The van der Waals surface area contributed by atoms with Crippen molar-refractivity contribution >= 4 is 22.8 Å². The predicted molar refractivity (Wildman–Crippen MR) is 104 cm³/mol. The minimum atomic E-state index is 0. The molecule has 0 unspecified atom stereocenters. The fourth-order valence-corrected chi connectivity index (χ4v) is 0.602. The van der Waals surface area contributed by atoms with E-state index in [2.05, 4.69) is 39.1 Å². The molecular weight excluding hydrogens is 397 g/mol. The first-order valence-corrected chi connectivity index (χ1v) is 7.36. The molecule has 0 amide bonds. The summed E-state index contributed by atoms with van der Waals surface area (Å²) in [5.74, 6) is 0. The third-order valence-corrected chi connectivity index (χ3v) is 2.42. The van der Waals surface area contributed by atoms with Crippen molar-refractivity contribution in [2.24, 2.45) is 20.6 Å². The topological polar surface area (TPSA) is 143 Å². The Balaban J connectivity index is -0.000000133. The maximum absolute atomic E-state index is 8.03. The number of allylic oxidation sites excluding steroid dienone is 1. The average molecular weight is 425 g/mol. The average Bonchev–Trinajstić information content (AvgIpc) is 2.73. The number of pyridine rings is 1. The first kappa shape index (κ1) is 32.0. The van der Waals surface area contributed by atoms with Gasteiger partial charge in [0.25, 0.3) is 0 Å². The van der Waals surface area contributed by atoms with E-state index in [9.17, 15) is 0 Å². The molecule has 0 aromatic carbocycles. The van der Waals surface area contributed by atoms with E-state index in [0.717, 1.165) is 6.42 Å². The van der Waals surface area contributed by atoms with Crippen LogP contribution < -0.4 is 0 Å². The van der Waals surface area contributed by atoms with Crippen molar-refractivity contribution in [3.63, 3.8) is 0 Å². The Kier molecular flexibility index (Phi) is 30.2. The van der Waals surface area contributed by atoms with Crippen LogP contribution in [-0.4, -0.2) is 48.7 Å². The monoisotopic (exact) mass is 425 g/mol.